The third-order valence-corrected chi connectivity index (χ3v) is 5.05. The molecule has 0 amide bonds. The predicted octanol–water partition coefficient (Wildman–Crippen LogP) is 3.03. The van der Waals surface area contributed by atoms with Gasteiger partial charge in [0, 0.05) is 0 Å². The molecule has 82 valence electrons. The van der Waals surface area contributed by atoms with Gasteiger partial charge in [-0.3, -0.25) is 0 Å². The number of hydrogen-bond acceptors (Lipinski definition) is 4. The second-order valence-corrected chi connectivity index (χ2v) is 11.6. The molecule has 0 aromatic heterocycles. The summed E-state index contributed by atoms with van der Waals surface area (Å²) in [6, 6.07) is 0. The van der Waals surface area contributed by atoms with E-state index in [4.69, 9.17) is 0 Å². The molecule has 0 saturated heterocycles. The molecule has 0 rings (SSSR count). The van der Waals surface area contributed by atoms with Crippen LogP contribution in [0.4, 0.5) is 0 Å². The Morgan fingerprint density at radius 2 is 0.643 bits per heavy atom. The maximum absolute atomic E-state index is 10.2. The molecule has 6 heteroatoms. The molecular weight excluding hydrogens is 256 g/mol. The molecule has 0 aromatic rings. The predicted molar refractivity (Wildman–Crippen MR) is 42.2 cm³/mol. The van der Waals surface area contributed by atoms with Gasteiger partial charge in [0.25, 0.3) is 0 Å². The molecule has 0 aliphatic rings. The Bertz CT molecular complexity index is 252. The zero-order chi connectivity index (χ0) is 12.2. The monoisotopic (exact) mass is 274 g/mol. The van der Waals surface area contributed by atoms with Crippen LogP contribution in [0.5, 0.6) is 0 Å². The Balaban J connectivity index is 0. The molecule has 0 heterocycles. The van der Waals surface area contributed by atoms with Gasteiger partial charge in [-0.05, 0) is 0 Å². The van der Waals surface area contributed by atoms with Crippen molar-refractivity contribution in [1.82, 2.24) is 0 Å². The second-order valence-electron chi connectivity index (χ2n) is 5.07. The molecule has 4 nitrogen and oxygen atoms in total. The van der Waals surface area contributed by atoms with Crippen molar-refractivity contribution < 1.29 is 48.9 Å². The van der Waals surface area contributed by atoms with Crippen molar-refractivity contribution in [3.8, 4) is 0 Å². The van der Waals surface area contributed by atoms with Crippen molar-refractivity contribution in [2.24, 2.45) is 0 Å². The molecule has 0 unspecified atom stereocenters. The first kappa shape index (κ1) is 17.0. The van der Waals surface area contributed by atoms with Crippen LogP contribution in [0.15, 0.2) is 0 Å². The number of hydrogen-bond donors (Lipinski definition) is 0. The van der Waals surface area contributed by atoms with E-state index in [1.807, 2.05) is 0 Å². The van der Waals surface area contributed by atoms with E-state index in [2.05, 4.69) is 0 Å². The Morgan fingerprint density at radius 1 is 0.571 bits per heavy atom. The minimum absolute atomic E-state index is 0.444. The van der Waals surface area contributed by atoms with E-state index in [9.17, 15) is 13.3 Å². The van der Waals surface area contributed by atoms with E-state index in [1.165, 1.54) is 0 Å². The molecule has 0 aliphatic heterocycles. The fourth-order valence-corrected chi connectivity index (χ4v) is 0. The van der Waals surface area contributed by atoms with Gasteiger partial charge in [0.05, 0.1) is 0 Å². The van der Waals surface area contributed by atoms with Crippen LogP contribution in [0.1, 0.15) is 41.5 Å². The summed E-state index contributed by atoms with van der Waals surface area (Å²) in [7, 11) is 0. The molecule has 0 aliphatic carbocycles. The normalized spacial score (nSPS) is 11.3. The van der Waals surface area contributed by atoms with Crippen LogP contribution < -0.4 is 0 Å². The summed E-state index contributed by atoms with van der Waals surface area (Å²) in [5.74, 6) is 0. The first-order valence-electron chi connectivity index (χ1n) is 4.32. The molecule has 0 radical (unpaired) electrons. The average Bonchev–Trinajstić information content (AvgIpc) is 1.83. The molecule has 0 aromatic carbocycles. The molecular formula is C8H18O4Ti2. The summed E-state index contributed by atoms with van der Waals surface area (Å²) in [6.45, 7) is 10.3. The van der Waals surface area contributed by atoms with Gasteiger partial charge in [0.15, 0.2) is 0 Å². The zero-order valence-electron chi connectivity index (χ0n) is 9.63. The molecule has 14 heavy (non-hydrogen) atoms. The summed E-state index contributed by atoms with van der Waals surface area (Å²) < 4.78 is 39.8. The van der Waals surface area contributed by atoms with Gasteiger partial charge in [-0.1, -0.05) is 0 Å². The third kappa shape index (κ3) is 10.7. The molecule has 0 fully saturated rings. The summed E-state index contributed by atoms with van der Waals surface area (Å²) >= 11 is -6.18. The van der Waals surface area contributed by atoms with Gasteiger partial charge in [-0.15, -0.1) is 0 Å². The molecule has 0 spiro atoms. The summed E-state index contributed by atoms with van der Waals surface area (Å²) in [5.41, 5.74) is 0. The summed E-state index contributed by atoms with van der Waals surface area (Å²) in [6.07, 6.45) is 0. The van der Waals surface area contributed by atoms with Crippen molar-refractivity contribution in [1.29, 1.82) is 0 Å². The first-order chi connectivity index (χ1) is 5.89. The zero-order valence-corrected chi connectivity index (χ0v) is 12.8. The Labute approximate surface area is 97.4 Å². The van der Waals surface area contributed by atoms with E-state index < -0.39 is 43.1 Å². The van der Waals surface area contributed by atoms with Crippen molar-refractivity contribution in [3.05, 3.63) is 0 Å². The molecule has 0 saturated carbocycles. The van der Waals surface area contributed by atoms with Gasteiger partial charge in [-0.2, -0.15) is 0 Å². The summed E-state index contributed by atoms with van der Waals surface area (Å²) in [4.78, 5) is 0. The van der Waals surface area contributed by atoms with Crippen LogP contribution >= 0.6 is 0 Å². The van der Waals surface area contributed by atoms with Gasteiger partial charge in [-0.25, -0.2) is 0 Å². The van der Waals surface area contributed by atoms with Crippen molar-refractivity contribution in [2.45, 2.75) is 49.0 Å². The number of rotatable bonds is 0. The Morgan fingerprint density at radius 3 is 0.643 bits per heavy atom. The van der Waals surface area contributed by atoms with E-state index in [0.29, 0.717) is 0 Å². The van der Waals surface area contributed by atoms with Crippen LogP contribution in [0.25, 0.3) is 0 Å². The standard InChI is InChI=1S/2C4H9.4O.2Ti/c2*1-4(2)3;;;;;;/h2*1-3H3;;;;;;. The Kier molecular flexibility index (Phi) is 7.62. The van der Waals surface area contributed by atoms with Gasteiger partial charge in [0.2, 0.25) is 0 Å². The van der Waals surface area contributed by atoms with E-state index in [1.54, 1.807) is 41.5 Å². The fourth-order valence-electron chi connectivity index (χ4n) is 0. The topological polar surface area (TPSA) is 68.3 Å². The van der Waals surface area contributed by atoms with Crippen LogP contribution in [0, 0.1) is 0 Å². The molecule has 0 atom stereocenters. The second kappa shape index (κ2) is 6.26. The van der Waals surface area contributed by atoms with Gasteiger partial charge in [0.1, 0.15) is 0 Å². The van der Waals surface area contributed by atoms with Gasteiger partial charge >= 0.3 is 97.9 Å². The third-order valence-electron chi connectivity index (χ3n) is 1.22. The molecule has 0 N–H and O–H groups in total. The minimum atomic E-state index is -3.09. The fraction of sp³-hybridized carbons (Fsp3) is 1.00. The first-order valence-corrected chi connectivity index (χ1v) is 8.43. The van der Waals surface area contributed by atoms with Crippen molar-refractivity contribution in [3.63, 3.8) is 0 Å². The van der Waals surface area contributed by atoms with Crippen molar-refractivity contribution in [2.75, 3.05) is 0 Å². The van der Waals surface area contributed by atoms with Crippen LogP contribution in [-0.2, 0) is 48.9 Å². The molecule has 0 bridgehead atoms. The Hall–Kier alpha value is 0.629. The van der Waals surface area contributed by atoms with Crippen LogP contribution in [0.2, 0.25) is 7.44 Å². The van der Waals surface area contributed by atoms with E-state index >= 15 is 0 Å². The average molecular weight is 274 g/mol. The quantitative estimate of drug-likeness (QED) is 0.636. The van der Waals surface area contributed by atoms with E-state index in [-0.39, 0.29) is 0 Å². The SMILES string of the molecule is C[C](C)(C)[Ti](=[O])=[O].C[C](C)(C)[Ti](=[O])=[O]. The van der Waals surface area contributed by atoms with E-state index in [0.717, 1.165) is 0 Å². The van der Waals surface area contributed by atoms with Crippen LogP contribution in [-0.4, -0.2) is 0 Å². The maximum atomic E-state index is 10.2. The van der Waals surface area contributed by atoms with Gasteiger partial charge < -0.3 is 0 Å². The van der Waals surface area contributed by atoms with Crippen molar-refractivity contribution >= 4 is 0 Å². The summed E-state index contributed by atoms with van der Waals surface area (Å²) in [5, 5.41) is 0. The van der Waals surface area contributed by atoms with Crippen LogP contribution in [0.3, 0.4) is 0 Å².